The summed E-state index contributed by atoms with van der Waals surface area (Å²) in [5.74, 6) is 0. The van der Waals surface area contributed by atoms with E-state index >= 15 is 0 Å². The third-order valence-corrected chi connectivity index (χ3v) is 10.7. The molecule has 0 unspecified atom stereocenters. The van der Waals surface area contributed by atoms with Gasteiger partial charge in [0.25, 0.3) is 0 Å². The minimum Gasteiger partial charge on any atom is -0.311 e. The maximum Gasteiger partial charge on any atom is 0.0991 e. The van der Waals surface area contributed by atoms with Gasteiger partial charge in [-0.3, -0.25) is 0 Å². The molecule has 0 bridgehead atoms. The molecule has 0 aliphatic rings. The molecule has 9 aromatic rings. The number of rotatable bonds is 11. The Labute approximate surface area is 357 Å². The summed E-state index contributed by atoms with van der Waals surface area (Å²) in [5.41, 5.74) is 14.3. The highest BCUT2D eigenvalue weighted by Gasteiger charge is 2.23. The van der Waals surface area contributed by atoms with Gasteiger partial charge in [0.1, 0.15) is 0 Å². The van der Waals surface area contributed by atoms with Crippen molar-refractivity contribution in [3.05, 3.63) is 248 Å². The van der Waals surface area contributed by atoms with E-state index in [-0.39, 0.29) is 0 Å². The maximum atomic E-state index is 9.70. The zero-order valence-corrected chi connectivity index (χ0v) is 33.3. The van der Waals surface area contributed by atoms with E-state index in [2.05, 4.69) is 191 Å². The second-order valence-corrected chi connectivity index (χ2v) is 14.5. The number of nitrogens with zero attached hydrogens (tertiary/aromatic N) is 5. The van der Waals surface area contributed by atoms with Crippen molar-refractivity contribution >= 4 is 51.2 Å². The predicted octanol–water partition coefficient (Wildman–Crippen LogP) is 15.2. The summed E-state index contributed by atoms with van der Waals surface area (Å²) in [5, 5.41) is 19.4. The highest BCUT2D eigenvalue weighted by atomic mass is 15.2. The van der Waals surface area contributed by atoms with E-state index in [1.165, 1.54) is 0 Å². The quantitative estimate of drug-likeness (QED) is 0.131. The predicted molar refractivity (Wildman–Crippen MR) is 251 cm³/mol. The molecule has 0 aromatic heterocycles. The Morgan fingerprint density at radius 1 is 0.246 bits per heavy atom. The molecule has 288 valence electrons. The van der Waals surface area contributed by atoms with Gasteiger partial charge in [0.05, 0.1) is 29.0 Å². The van der Waals surface area contributed by atoms with Crippen molar-refractivity contribution in [3.63, 3.8) is 0 Å². The molecular weight excluding hydrogens is 743 g/mol. The fraction of sp³-hybridized carbons (Fsp3) is 0. The molecule has 0 saturated heterocycles. The summed E-state index contributed by atoms with van der Waals surface area (Å²) < 4.78 is 0. The molecule has 0 heterocycles. The molecule has 0 spiro atoms. The van der Waals surface area contributed by atoms with E-state index in [9.17, 15) is 10.5 Å². The monoisotopic (exact) mass is 781 g/mol. The molecule has 0 radical (unpaired) electrons. The van der Waals surface area contributed by atoms with Crippen LogP contribution < -0.4 is 14.7 Å². The van der Waals surface area contributed by atoms with E-state index in [0.29, 0.717) is 11.1 Å². The van der Waals surface area contributed by atoms with E-state index in [4.69, 9.17) is 0 Å². The molecule has 9 aromatic carbocycles. The Kier molecular flexibility index (Phi) is 10.9. The van der Waals surface area contributed by atoms with Gasteiger partial charge in [-0.2, -0.15) is 10.5 Å². The minimum absolute atomic E-state index is 0.597. The van der Waals surface area contributed by atoms with Crippen LogP contribution in [0.2, 0.25) is 0 Å². The largest absolute Gasteiger partial charge is 0.311 e. The standard InChI is InChI=1S/C56H39N5/c57-40-42-24-28-44(29-25-42)54-22-13-23-55(45-30-26-43(41-58)27-31-45)56(54)61(52-36-32-50(33-37-52)59(46-14-5-1-6-15-46)47-16-7-2-8-17-47)53-38-34-51(35-39-53)60(48-18-9-3-10-19-48)49-20-11-4-12-21-49/h1-39H. The molecule has 61 heavy (non-hydrogen) atoms. The molecular formula is C56H39N5. The van der Waals surface area contributed by atoms with Gasteiger partial charge in [0.15, 0.2) is 0 Å². The molecule has 0 aliphatic heterocycles. The van der Waals surface area contributed by atoms with E-state index in [1.54, 1.807) is 0 Å². The fourth-order valence-electron chi connectivity index (χ4n) is 7.81. The molecule has 0 fully saturated rings. The van der Waals surface area contributed by atoms with Gasteiger partial charge in [0, 0.05) is 56.6 Å². The van der Waals surface area contributed by atoms with Crippen molar-refractivity contribution in [3.8, 4) is 34.4 Å². The Morgan fingerprint density at radius 3 is 0.787 bits per heavy atom. The Balaban J connectivity index is 1.25. The summed E-state index contributed by atoms with van der Waals surface area (Å²) in [6, 6.07) is 85.5. The van der Waals surface area contributed by atoms with Crippen LogP contribution in [-0.4, -0.2) is 0 Å². The second kappa shape index (κ2) is 17.5. The first-order valence-corrected chi connectivity index (χ1v) is 20.1. The van der Waals surface area contributed by atoms with Crippen LogP contribution in [0.3, 0.4) is 0 Å². The lowest BCUT2D eigenvalue weighted by atomic mass is 9.93. The number of hydrogen-bond acceptors (Lipinski definition) is 5. The van der Waals surface area contributed by atoms with Crippen molar-refractivity contribution in [2.45, 2.75) is 0 Å². The van der Waals surface area contributed by atoms with Crippen molar-refractivity contribution in [2.75, 3.05) is 14.7 Å². The number of nitriles is 2. The van der Waals surface area contributed by atoms with Gasteiger partial charge in [0.2, 0.25) is 0 Å². The highest BCUT2D eigenvalue weighted by Crippen LogP contribution is 2.48. The number of benzene rings is 9. The van der Waals surface area contributed by atoms with E-state index < -0.39 is 0 Å². The maximum absolute atomic E-state index is 9.70. The zero-order chi connectivity index (χ0) is 41.4. The summed E-state index contributed by atoms with van der Waals surface area (Å²) >= 11 is 0. The average Bonchev–Trinajstić information content (AvgIpc) is 3.34. The van der Waals surface area contributed by atoms with Gasteiger partial charge in [-0.05, 0) is 132 Å². The highest BCUT2D eigenvalue weighted by molar-refractivity contribution is 5.98. The lowest BCUT2D eigenvalue weighted by Gasteiger charge is -2.32. The van der Waals surface area contributed by atoms with Crippen molar-refractivity contribution < 1.29 is 0 Å². The number of para-hydroxylation sites is 5. The van der Waals surface area contributed by atoms with Crippen LogP contribution >= 0.6 is 0 Å². The van der Waals surface area contributed by atoms with Crippen molar-refractivity contribution in [1.82, 2.24) is 0 Å². The average molecular weight is 782 g/mol. The summed E-state index contributed by atoms with van der Waals surface area (Å²) in [4.78, 5) is 6.84. The minimum atomic E-state index is 0.597. The van der Waals surface area contributed by atoms with Gasteiger partial charge >= 0.3 is 0 Å². The topological polar surface area (TPSA) is 57.3 Å². The first-order valence-electron chi connectivity index (χ1n) is 20.1. The van der Waals surface area contributed by atoms with Crippen LogP contribution in [0, 0.1) is 22.7 Å². The van der Waals surface area contributed by atoms with Crippen molar-refractivity contribution in [1.29, 1.82) is 10.5 Å². The normalized spacial score (nSPS) is 10.6. The van der Waals surface area contributed by atoms with Gasteiger partial charge in [-0.25, -0.2) is 0 Å². The second-order valence-electron chi connectivity index (χ2n) is 14.5. The lowest BCUT2D eigenvalue weighted by molar-refractivity contribution is 1.24. The van der Waals surface area contributed by atoms with E-state index in [0.717, 1.165) is 73.4 Å². The summed E-state index contributed by atoms with van der Waals surface area (Å²) in [6.07, 6.45) is 0. The Morgan fingerprint density at radius 2 is 0.508 bits per heavy atom. The molecule has 5 nitrogen and oxygen atoms in total. The van der Waals surface area contributed by atoms with Crippen LogP contribution in [0.4, 0.5) is 51.2 Å². The van der Waals surface area contributed by atoms with E-state index in [1.807, 2.05) is 72.8 Å². The molecule has 0 atom stereocenters. The van der Waals surface area contributed by atoms with Crippen LogP contribution in [0.5, 0.6) is 0 Å². The first kappa shape index (κ1) is 37.9. The molecule has 5 heteroatoms. The molecule has 0 amide bonds. The number of anilines is 9. The Bertz CT molecular complexity index is 2660. The fourth-order valence-corrected chi connectivity index (χ4v) is 7.81. The molecule has 0 saturated carbocycles. The smallest absolute Gasteiger partial charge is 0.0991 e. The van der Waals surface area contributed by atoms with Crippen molar-refractivity contribution in [2.24, 2.45) is 0 Å². The third-order valence-electron chi connectivity index (χ3n) is 10.7. The van der Waals surface area contributed by atoms with Gasteiger partial charge < -0.3 is 14.7 Å². The van der Waals surface area contributed by atoms with Crippen LogP contribution in [-0.2, 0) is 0 Å². The molecule has 0 aliphatic carbocycles. The van der Waals surface area contributed by atoms with Crippen LogP contribution in [0.25, 0.3) is 22.3 Å². The summed E-state index contributed by atoms with van der Waals surface area (Å²) in [6.45, 7) is 0. The summed E-state index contributed by atoms with van der Waals surface area (Å²) in [7, 11) is 0. The van der Waals surface area contributed by atoms with Gasteiger partial charge in [-0.15, -0.1) is 0 Å². The first-order chi connectivity index (χ1) is 30.2. The Hall–Kier alpha value is -8.64. The third kappa shape index (κ3) is 7.96. The van der Waals surface area contributed by atoms with Crippen LogP contribution in [0.1, 0.15) is 11.1 Å². The zero-order valence-electron chi connectivity index (χ0n) is 33.3. The SMILES string of the molecule is N#Cc1ccc(-c2cccc(-c3ccc(C#N)cc3)c2N(c2ccc(N(c3ccccc3)c3ccccc3)cc2)c2ccc(N(c3ccccc3)c3ccccc3)cc2)cc1. The number of hydrogen-bond donors (Lipinski definition) is 0. The lowest BCUT2D eigenvalue weighted by Crippen LogP contribution is -2.14. The van der Waals surface area contributed by atoms with Gasteiger partial charge in [-0.1, -0.05) is 115 Å². The molecule has 0 N–H and O–H groups in total. The molecule has 9 rings (SSSR count). The van der Waals surface area contributed by atoms with Crippen LogP contribution in [0.15, 0.2) is 237 Å².